The minimum Gasteiger partial charge on any atom is -0.385 e. The van der Waals surface area contributed by atoms with Crippen molar-refractivity contribution in [3.63, 3.8) is 0 Å². The van der Waals surface area contributed by atoms with Gasteiger partial charge in [0.15, 0.2) is 5.82 Å². The Bertz CT molecular complexity index is 855. The van der Waals surface area contributed by atoms with Crippen LogP contribution in [0.2, 0.25) is 0 Å². The summed E-state index contributed by atoms with van der Waals surface area (Å²) in [5, 5.41) is 4.20. The van der Waals surface area contributed by atoms with Crippen LogP contribution in [0.15, 0.2) is 29.0 Å². The van der Waals surface area contributed by atoms with Crippen molar-refractivity contribution in [1.29, 1.82) is 0 Å². The van der Waals surface area contributed by atoms with Gasteiger partial charge in [0.2, 0.25) is 0 Å². The first-order valence-electron chi connectivity index (χ1n) is 8.80. The third-order valence-electron chi connectivity index (χ3n) is 4.92. The van der Waals surface area contributed by atoms with E-state index in [0.717, 1.165) is 12.0 Å². The van der Waals surface area contributed by atoms with Gasteiger partial charge >= 0.3 is 0 Å². The summed E-state index contributed by atoms with van der Waals surface area (Å²) < 4.78 is 38.8. The van der Waals surface area contributed by atoms with E-state index in [-0.39, 0.29) is 0 Å². The predicted molar refractivity (Wildman–Crippen MR) is 99.1 cm³/mol. The molecule has 0 saturated carbocycles. The van der Waals surface area contributed by atoms with Crippen molar-refractivity contribution in [3.8, 4) is 11.5 Å². The molecule has 1 unspecified atom stereocenters. The van der Waals surface area contributed by atoms with Gasteiger partial charge in [-0.2, -0.15) is 22.0 Å². The van der Waals surface area contributed by atoms with Gasteiger partial charge < -0.3 is 9.26 Å². The normalized spacial score (nSPS) is 21.6. The molecule has 1 atom stereocenters. The van der Waals surface area contributed by atoms with Crippen LogP contribution in [0.4, 0.5) is 0 Å². The SMILES string of the molecule is COCCC1(c2noc(-c3cccnc3)n2)CCCN(S(=O)(=O)N(C)C)C1. The number of hydrogen-bond donors (Lipinski definition) is 0. The summed E-state index contributed by atoms with van der Waals surface area (Å²) in [5.41, 5.74) is 0.174. The highest BCUT2D eigenvalue weighted by Crippen LogP contribution is 2.37. The summed E-state index contributed by atoms with van der Waals surface area (Å²) in [7, 11) is 1.18. The first-order valence-corrected chi connectivity index (χ1v) is 10.2. The largest absolute Gasteiger partial charge is 0.385 e. The van der Waals surface area contributed by atoms with E-state index >= 15 is 0 Å². The highest BCUT2D eigenvalue weighted by Gasteiger charge is 2.44. The van der Waals surface area contributed by atoms with Crippen LogP contribution >= 0.6 is 0 Å². The second-order valence-electron chi connectivity index (χ2n) is 6.92. The van der Waals surface area contributed by atoms with Crippen LogP contribution in [-0.4, -0.2) is 73.1 Å². The summed E-state index contributed by atoms with van der Waals surface area (Å²) in [6.45, 7) is 1.25. The summed E-state index contributed by atoms with van der Waals surface area (Å²) in [6.07, 6.45) is 5.42. The summed E-state index contributed by atoms with van der Waals surface area (Å²) in [4.78, 5) is 8.65. The molecule has 1 aliphatic rings. The van der Waals surface area contributed by atoms with Gasteiger partial charge in [-0.1, -0.05) is 5.16 Å². The molecule has 0 aromatic carbocycles. The molecule has 10 heteroatoms. The van der Waals surface area contributed by atoms with Crippen LogP contribution in [0, 0.1) is 0 Å². The molecule has 1 saturated heterocycles. The zero-order valence-corrected chi connectivity index (χ0v) is 16.6. The monoisotopic (exact) mass is 395 g/mol. The minimum atomic E-state index is -3.52. The number of hydrogen-bond acceptors (Lipinski definition) is 7. The Hall–Kier alpha value is -1.88. The molecular formula is C17H25N5O4S. The third-order valence-corrected chi connectivity index (χ3v) is 6.81. The highest BCUT2D eigenvalue weighted by atomic mass is 32.2. The van der Waals surface area contributed by atoms with Gasteiger partial charge in [0.25, 0.3) is 16.1 Å². The number of rotatable bonds is 7. The van der Waals surface area contributed by atoms with Crippen LogP contribution in [-0.2, 0) is 20.4 Å². The lowest BCUT2D eigenvalue weighted by molar-refractivity contribution is 0.126. The molecule has 148 valence electrons. The molecule has 27 heavy (non-hydrogen) atoms. The third kappa shape index (κ3) is 4.03. The molecule has 1 fully saturated rings. The first-order chi connectivity index (χ1) is 12.9. The van der Waals surface area contributed by atoms with E-state index in [9.17, 15) is 8.42 Å². The Morgan fingerprint density at radius 2 is 2.22 bits per heavy atom. The van der Waals surface area contributed by atoms with Gasteiger partial charge in [-0.3, -0.25) is 4.98 Å². The maximum Gasteiger partial charge on any atom is 0.281 e. The van der Waals surface area contributed by atoms with E-state index in [1.54, 1.807) is 25.6 Å². The number of nitrogens with zero attached hydrogens (tertiary/aromatic N) is 5. The fraction of sp³-hybridized carbons (Fsp3) is 0.588. The van der Waals surface area contributed by atoms with Gasteiger partial charge in [-0.05, 0) is 31.4 Å². The van der Waals surface area contributed by atoms with Crippen molar-refractivity contribution >= 4 is 10.2 Å². The van der Waals surface area contributed by atoms with Crippen LogP contribution in [0.5, 0.6) is 0 Å². The van der Waals surface area contributed by atoms with Crippen molar-refractivity contribution in [2.75, 3.05) is 40.9 Å². The summed E-state index contributed by atoms with van der Waals surface area (Å²) in [6, 6.07) is 3.64. The number of aromatic nitrogens is 3. The number of piperidine rings is 1. The Labute approximate surface area is 159 Å². The molecule has 0 radical (unpaired) electrons. The molecular weight excluding hydrogens is 370 g/mol. The number of methoxy groups -OCH3 is 1. The maximum atomic E-state index is 12.7. The fourth-order valence-electron chi connectivity index (χ4n) is 3.36. The van der Waals surface area contributed by atoms with Crippen molar-refractivity contribution in [2.24, 2.45) is 0 Å². The highest BCUT2D eigenvalue weighted by molar-refractivity contribution is 7.86. The molecule has 0 bridgehead atoms. The average molecular weight is 395 g/mol. The van der Waals surface area contributed by atoms with Crippen molar-refractivity contribution in [2.45, 2.75) is 24.7 Å². The van der Waals surface area contributed by atoms with E-state index in [1.165, 1.54) is 22.7 Å². The molecule has 1 aliphatic heterocycles. The second-order valence-corrected chi connectivity index (χ2v) is 9.06. The Balaban J connectivity index is 1.95. The van der Waals surface area contributed by atoms with Crippen LogP contribution in [0.3, 0.4) is 0 Å². The van der Waals surface area contributed by atoms with E-state index in [0.29, 0.717) is 44.3 Å². The fourth-order valence-corrected chi connectivity index (χ4v) is 4.59. The Morgan fingerprint density at radius 3 is 2.89 bits per heavy atom. The Kier molecular flexibility index (Phi) is 5.89. The van der Waals surface area contributed by atoms with E-state index in [1.807, 2.05) is 6.07 Å². The average Bonchev–Trinajstić information content (AvgIpc) is 3.18. The smallest absolute Gasteiger partial charge is 0.281 e. The molecule has 0 aliphatic carbocycles. The lowest BCUT2D eigenvalue weighted by Crippen LogP contribution is -2.52. The van der Waals surface area contributed by atoms with E-state index in [2.05, 4.69) is 15.1 Å². The van der Waals surface area contributed by atoms with Crippen LogP contribution in [0.1, 0.15) is 25.1 Å². The van der Waals surface area contributed by atoms with Crippen LogP contribution in [0.25, 0.3) is 11.5 Å². The molecule has 2 aromatic rings. The van der Waals surface area contributed by atoms with Gasteiger partial charge in [-0.15, -0.1) is 0 Å². The van der Waals surface area contributed by atoms with E-state index < -0.39 is 15.6 Å². The number of pyridine rings is 1. The first kappa shape index (κ1) is 19.9. The van der Waals surface area contributed by atoms with Gasteiger partial charge in [0, 0.05) is 58.7 Å². The minimum absolute atomic E-state index is 0.295. The number of ether oxygens (including phenoxy) is 1. The van der Waals surface area contributed by atoms with Gasteiger partial charge in [-0.25, -0.2) is 0 Å². The van der Waals surface area contributed by atoms with Crippen molar-refractivity contribution < 1.29 is 17.7 Å². The van der Waals surface area contributed by atoms with Crippen molar-refractivity contribution in [3.05, 3.63) is 30.4 Å². The second kappa shape index (κ2) is 8.01. The molecule has 9 nitrogen and oxygen atoms in total. The van der Waals surface area contributed by atoms with Crippen LogP contribution < -0.4 is 0 Å². The standard InChI is InChI=1S/C17H25N5O4S/c1-21(2)27(23,24)22-10-5-7-17(13-22,8-11-25-3)16-19-15(26-20-16)14-6-4-9-18-12-14/h4,6,9,12H,5,7-8,10-11,13H2,1-3H3. The predicted octanol–water partition coefficient (Wildman–Crippen LogP) is 1.31. The lowest BCUT2D eigenvalue weighted by Gasteiger charge is -2.40. The summed E-state index contributed by atoms with van der Waals surface area (Å²) in [5.74, 6) is 0.888. The quantitative estimate of drug-likeness (QED) is 0.696. The van der Waals surface area contributed by atoms with E-state index in [4.69, 9.17) is 9.26 Å². The topological polar surface area (TPSA) is 102 Å². The maximum absolute atomic E-state index is 12.7. The zero-order valence-electron chi connectivity index (χ0n) is 15.8. The molecule has 3 heterocycles. The summed E-state index contributed by atoms with van der Waals surface area (Å²) >= 11 is 0. The molecule has 0 N–H and O–H groups in total. The zero-order chi connectivity index (χ0) is 19.5. The Morgan fingerprint density at radius 1 is 1.41 bits per heavy atom. The van der Waals surface area contributed by atoms with Gasteiger partial charge in [0.1, 0.15) is 0 Å². The molecule has 3 rings (SSSR count). The van der Waals surface area contributed by atoms with Gasteiger partial charge in [0.05, 0.1) is 5.56 Å². The lowest BCUT2D eigenvalue weighted by atomic mass is 9.77. The molecule has 0 amide bonds. The molecule has 2 aromatic heterocycles. The molecule has 0 spiro atoms. The van der Waals surface area contributed by atoms with Crippen molar-refractivity contribution in [1.82, 2.24) is 23.7 Å².